The van der Waals surface area contributed by atoms with Crippen molar-refractivity contribution >= 4 is 11.6 Å². The Bertz CT molecular complexity index is 814. The molecular weight excluding hydrogens is 292 g/mol. The van der Waals surface area contributed by atoms with Gasteiger partial charge >= 0.3 is 0 Å². The first-order chi connectivity index (χ1) is 11.2. The fourth-order valence-electron chi connectivity index (χ4n) is 2.29. The van der Waals surface area contributed by atoms with Crippen LogP contribution in [0.2, 0.25) is 0 Å². The van der Waals surface area contributed by atoms with Gasteiger partial charge in [-0.3, -0.25) is 4.79 Å². The largest absolute Gasteiger partial charge is 0.477 e. The Kier molecular flexibility index (Phi) is 4.23. The van der Waals surface area contributed by atoms with Gasteiger partial charge in [-0.25, -0.2) is 9.50 Å². The molecule has 1 unspecified atom stereocenters. The normalized spacial score (nSPS) is 12.1. The van der Waals surface area contributed by atoms with Crippen molar-refractivity contribution in [2.75, 3.05) is 6.61 Å². The van der Waals surface area contributed by atoms with E-state index in [1.165, 1.54) is 0 Å². The predicted octanol–water partition coefficient (Wildman–Crippen LogP) is 2.62. The molecule has 1 amide bonds. The molecule has 6 heteroatoms. The van der Waals surface area contributed by atoms with Crippen molar-refractivity contribution in [3.8, 4) is 5.88 Å². The van der Waals surface area contributed by atoms with Crippen LogP contribution in [0, 0.1) is 0 Å². The van der Waals surface area contributed by atoms with Crippen LogP contribution in [0.1, 0.15) is 35.9 Å². The molecule has 0 saturated carbocycles. The van der Waals surface area contributed by atoms with Crippen LogP contribution in [-0.2, 0) is 0 Å². The quantitative estimate of drug-likeness (QED) is 0.786. The number of hydrogen-bond acceptors (Lipinski definition) is 4. The molecule has 1 aromatic carbocycles. The highest BCUT2D eigenvalue weighted by Gasteiger charge is 2.15. The number of rotatable bonds is 5. The Morgan fingerprint density at radius 3 is 2.78 bits per heavy atom. The number of carbonyl (C=O) groups excluding carboxylic acids is 1. The van der Waals surface area contributed by atoms with E-state index in [0.717, 1.165) is 5.56 Å². The number of hydrogen-bond donors (Lipinski definition) is 1. The Morgan fingerprint density at radius 1 is 1.26 bits per heavy atom. The van der Waals surface area contributed by atoms with Gasteiger partial charge in [0.05, 0.1) is 18.8 Å². The van der Waals surface area contributed by atoms with E-state index in [1.807, 2.05) is 44.2 Å². The van der Waals surface area contributed by atoms with Crippen LogP contribution in [0.5, 0.6) is 5.88 Å². The second-order valence-electron chi connectivity index (χ2n) is 5.14. The molecule has 0 radical (unpaired) electrons. The number of fused-ring (bicyclic) bond motifs is 1. The summed E-state index contributed by atoms with van der Waals surface area (Å²) in [6.07, 6.45) is 1.60. The Balaban J connectivity index is 1.78. The molecule has 0 spiro atoms. The molecule has 0 bridgehead atoms. The van der Waals surface area contributed by atoms with Crippen molar-refractivity contribution in [2.24, 2.45) is 0 Å². The molecule has 6 nitrogen and oxygen atoms in total. The highest BCUT2D eigenvalue weighted by atomic mass is 16.5. The minimum atomic E-state index is -0.232. The molecular formula is C17H18N4O2. The average molecular weight is 310 g/mol. The van der Waals surface area contributed by atoms with Gasteiger partial charge < -0.3 is 10.1 Å². The summed E-state index contributed by atoms with van der Waals surface area (Å²) in [5.41, 5.74) is 1.97. The van der Waals surface area contributed by atoms with E-state index in [1.54, 1.807) is 22.8 Å². The summed E-state index contributed by atoms with van der Waals surface area (Å²) in [4.78, 5) is 16.7. The maximum absolute atomic E-state index is 12.4. The van der Waals surface area contributed by atoms with E-state index < -0.39 is 0 Å². The zero-order valence-corrected chi connectivity index (χ0v) is 13.1. The lowest BCUT2D eigenvalue weighted by Crippen LogP contribution is -2.26. The van der Waals surface area contributed by atoms with Gasteiger partial charge in [-0.1, -0.05) is 30.3 Å². The highest BCUT2D eigenvalue weighted by molar-refractivity contribution is 5.93. The molecule has 0 aliphatic carbocycles. The van der Waals surface area contributed by atoms with Gasteiger partial charge in [0, 0.05) is 6.07 Å². The van der Waals surface area contributed by atoms with Gasteiger partial charge in [-0.15, -0.1) is 5.10 Å². The standard InChI is InChI=1S/C17H18N4O2/c1-3-23-16-10-9-15-19-14(11-21(15)20-16)17(22)18-12(2)13-7-5-4-6-8-13/h4-12H,3H2,1-2H3,(H,18,22). The molecule has 3 aromatic rings. The molecule has 0 aliphatic rings. The van der Waals surface area contributed by atoms with Gasteiger partial charge in [0.25, 0.3) is 5.91 Å². The van der Waals surface area contributed by atoms with E-state index in [2.05, 4.69) is 15.4 Å². The Labute approximate surface area is 134 Å². The maximum atomic E-state index is 12.4. The predicted molar refractivity (Wildman–Crippen MR) is 86.5 cm³/mol. The van der Waals surface area contributed by atoms with Gasteiger partial charge in [0.15, 0.2) is 5.65 Å². The third kappa shape index (κ3) is 3.31. The molecule has 23 heavy (non-hydrogen) atoms. The number of nitrogens with zero attached hydrogens (tertiary/aromatic N) is 3. The molecule has 3 rings (SSSR count). The molecule has 1 N–H and O–H groups in total. The number of carbonyl (C=O) groups is 1. The summed E-state index contributed by atoms with van der Waals surface area (Å²) in [5.74, 6) is 0.270. The lowest BCUT2D eigenvalue weighted by Gasteiger charge is -2.12. The van der Waals surface area contributed by atoms with E-state index in [0.29, 0.717) is 23.8 Å². The summed E-state index contributed by atoms with van der Waals surface area (Å²) in [6.45, 7) is 4.37. The van der Waals surface area contributed by atoms with Crippen molar-refractivity contribution in [1.82, 2.24) is 19.9 Å². The number of imidazole rings is 1. The topological polar surface area (TPSA) is 68.5 Å². The molecule has 118 valence electrons. The van der Waals surface area contributed by atoms with Gasteiger partial charge in [-0.2, -0.15) is 0 Å². The molecule has 2 aromatic heterocycles. The van der Waals surface area contributed by atoms with Crippen molar-refractivity contribution in [2.45, 2.75) is 19.9 Å². The van der Waals surface area contributed by atoms with Crippen LogP contribution in [0.3, 0.4) is 0 Å². The van der Waals surface area contributed by atoms with Crippen LogP contribution < -0.4 is 10.1 Å². The third-order valence-corrected chi connectivity index (χ3v) is 3.47. The van der Waals surface area contributed by atoms with Crippen LogP contribution in [-0.4, -0.2) is 27.1 Å². The lowest BCUT2D eigenvalue weighted by atomic mass is 10.1. The number of benzene rings is 1. The van der Waals surface area contributed by atoms with Crippen LogP contribution >= 0.6 is 0 Å². The van der Waals surface area contributed by atoms with Crippen molar-refractivity contribution in [3.63, 3.8) is 0 Å². The highest BCUT2D eigenvalue weighted by Crippen LogP contribution is 2.13. The molecule has 1 atom stereocenters. The summed E-state index contributed by atoms with van der Waals surface area (Å²) >= 11 is 0. The van der Waals surface area contributed by atoms with E-state index >= 15 is 0 Å². The number of amides is 1. The lowest BCUT2D eigenvalue weighted by molar-refractivity contribution is 0.0935. The molecule has 0 saturated heterocycles. The molecule has 2 heterocycles. The van der Waals surface area contributed by atoms with Crippen molar-refractivity contribution < 1.29 is 9.53 Å². The van der Waals surface area contributed by atoms with Gasteiger partial charge in [-0.05, 0) is 25.5 Å². The van der Waals surface area contributed by atoms with E-state index in [4.69, 9.17) is 4.74 Å². The van der Waals surface area contributed by atoms with Crippen LogP contribution in [0.25, 0.3) is 5.65 Å². The van der Waals surface area contributed by atoms with Crippen molar-refractivity contribution in [3.05, 3.63) is 59.9 Å². The number of ether oxygens (including phenoxy) is 1. The van der Waals surface area contributed by atoms with E-state index in [-0.39, 0.29) is 11.9 Å². The minimum Gasteiger partial charge on any atom is -0.477 e. The van der Waals surface area contributed by atoms with E-state index in [9.17, 15) is 4.79 Å². The van der Waals surface area contributed by atoms with Gasteiger partial charge in [0.2, 0.25) is 5.88 Å². The second kappa shape index (κ2) is 6.48. The smallest absolute Gasteiger partial charge is 0.272 e. The Hall–Kier alpha value is -2.89. The van der Waals surface area contributed by atoms with Gasteiger partial charge in [0.1, 0.15) is 5.69 Å². The second-order valence-corrected chi connectivity index (χ2v) is 5.14. The number of aromatic nitrogens is 3. The summed E-state index contributed by atoms with van der Waals surface area (Å²) in [7, 11) is 0. The minimum absolute atomic E-state index is 0.0968. The fraction of sp³-hybridized carbons (Fsp3) is 0.235. The first-order valence-corrected chi connectivity index (χ1v) is 7.52. The zero-order chi connectivity index (χ0) is 16.2. The van der Waals surface area contributed by atoms with Crippen LogP contribution in [0.4, 0.5) is 0 Å². The SMILES string of the molecule is CCOc1ccc2nc(C(=O)NC(C)c3ccccc3)cn2n1. The summed E-state index contributed by atoms with van der Waals surface area (Å²) in [5, 5.41) is 7.20. The third-order valence-electron chi connectivity index (χ3n) is 3.47. The first-order valence-electron chi connectivity index (χ1n) is 7.52. The van der Waals surface area contributed by atoms with Crippen LogP contribution in [0.15, 0.2) is 48.7 Å². The molecule has 0 fully saturated rings. The number of nitrogens with one attached hydrogen (secondary N) is 1. The summed E-state index contributed by atoms with van der Waals surface area (Å²) in [6, 6.07) is 13.2. The average Bonchev–Trinajstić information content (AvgIpc) is 2.99. The monoisotopic (exact) mass is 310 g/mol. The fourth-order valence-corrected chi connectivity index (χ4v) is 2.29. The molecule has 0 aliphatic heterocycles. The van der Waals surface area contributed by atoms with Crippen molar-refractivity contribution in [1.29, 1.82) is 0 Å². The Morgan fingerprint density at radius 2 is 2.04 bits per heavy atom. The maximum Gasteiger partial charge on any atom is 0.272 e. The summed E-state index contributed by atoms with van der Waals surface area (Å²) < 4.78 is 6.89. The zero-order valence-electron chi connectivity index (χ0n) is 13.1. The first kappa shape index (κ1) is 15.0.